The Morgan fingerprint density at radius 3 is 2.57 bits per heavy atom. The summed E-state index contributed by atoms with van der Waals surface area (Å²) in [6, 6.07) is 5.50. The van der Waals surface area contributed by atoms with Crippen LogP contribution in [0.4, 0.5) is 13.2 Å². The average Bonchev–Trinajstić information content (AvgIpc) is 2.66. The smallest absolute Gasteiger partial charge is 0.376 e. The normalized spacial score (nSPS) is 29.0. The van der Waals surface area contributed by atoms with E-state index in [4.69, 9.17) is 10.5 Å². The van der Waals surface area contributed by atoms with E-state index in [1.807, 2.05) is 4.90 Å². The molecule has 7 heteroatoms. The van der Waals surface area contributed by atoms with Crippen molar-refractivity contribution >= 4 is 5.91 Å². The zero-order chi connectivity index (χ0) is 20.3. The van der Waals surface area contributed by atoms with E-state index in [2.05, 4.69) is 0 Å². The molecule has 1 heterocycles. The highest BCUT2D eigenvalue weighted by Gasteiger charge is 2.33. The van der Waals surface area contributed by atoms with Crippen LogP contribution < -0.4 is 5.73 Å². The molecule has 0 aromatic heterocycles. The summed E-state index contributed by atoms with van der Waals surface area (Å²) in [4.78, 5) is 13.6. The molecule has 2 unspecified atom stereocenters. The van der Waals surface area contributed by atoms with Gasteiger partial charge in [-0.25, -0.2) is 0 Å². The maximum atomic E-state index is 12.9. The number of nitrogens with two attached hydrogens (primary N) is 1. The molecule has 4 nitrogen and oxygen atoms in total. The Morgan fingerprint density at radius 2 is 1.93 bits per heavy atom. The summed E-state index contributed by atoms with van der Waals surface area (Å²) in [5.41, 5.74) is 6.37. The Hall–Kier alpha value is -1.60. The monoisotopic (exact) mass is 398 g/mol. The van der Waals surface area contributed by atoms with Gasteiger partial charge >= 0.3 is 6.18 Å². The molecule has 2 fully saturated rings. The standard InChI is InChI=1S/C21H29F3N2O2/c1-14(27)26-11-3-6-19(25)20(26)13-28-18-9-7-15(8-10-18)16-4-2-5-17(12-16)21(22,23)24/h2,4-5,12,15,18-20H,3,6-11,13,25H2,1H3. The van der Waals surface area contributed by atoms with Crippen LogP contribution in [-0.2, 0) is 15.7 Å². The van der Waals surface area contributed by atoms with Gasteiger partial charge in [-0.2, -0.15) is 13.2 Å². The molecule has 2 aliphatic rings. The SMILES string of the molecule is CC(=O)N1CCCC(N)C1COC1CCC(c2cccc(C(F)(F)F)c2)CC1. The number of rotatable bonds is 4. The van der Waals surface area contributed by atoms with Crippen molar-refractivity contribution in [1.29, 1.82) is 0 Å². The Bertz CT molecular complexity index is 672. The summed E-state index contributed by atoms with van der Waals surface area (Å²) in [6.45, 7) is 2.71. The lowest BCUT2D eigenvalue weighted by Gasteiger charge is -2.40. The number of alkyl halides is 3. The molecule has 156 valence electrons. The molecule has 0 spiro atoms. The van der Waals surface area contributed by atoms with E-state index in [9.17, 15) is 18.0 Å². The van der Waals surface area contributed by atoms with E-state index in [1.54, 1.807) is 13.0 Å². The maximum absolute atomic E-state index is 12.9. The minimum absolute atomic E-state index is 0.0250. The number of ether oxygens (including phenoxy) is 1. The number of halogens is 3. The second-order valence-electron chi connectivity index (χ2n) is 8.02. The summed E-state index contributed by atoms with van der Waals surface area (Å²) in [5, 5.41) is 0. The van der Waals surface area contributed by atoms with E-state index in [-0.39, 0.29) is 30.0 Å². The van der Waals surface area contributed by atoms with E-state index in [0.29, 0.717) is 6.61 Å². The molecule has 2 N–H and O–H groups in total. The summed E-state index contributed by atoms with van der Waals surface area (Å²) in [6.07, 6.45) is 0.798. The minimum atomic E-state index is -4.31. The highest BCUT2D eigenvalue weighted by atomic mass is 19.4. The van der Waals surface area contributed by atoms with Gasteiger partial charge in [-0.05, 0) is 56.1 Å². The average molecular weight is 398 g/mol. The number of nitrogens with zero attached hydrogens (tertiary/aromatic N) is 1. The molecule has 1 amide bonds. The molecule has 0 bridgehead atoms. The first-order chi connectivity index (χ1) is 13.3. The van der Waals surface area contributed by atoms with Crippen molar-refractivity contribution in [3.05, 3.63) is 35.4 Å². The molecular formula is C21H29F3N2O2. The maximum Gasteiger partial charge on any atom is 0.416 e. The summed E-state index contributed by atoms with van der Waals surface area (Å²) < 4.78 is 44.9. The number of hydrogen-bond donors (Lipinski definition) is 1. The van der Waals surface area contributed by atoms with Gasteiger partial charge in [-0.15, -0.1) is 0 Å². The Kier molecular flexibility index (Phi) is 6.65. The number of amides is 1. The third-order valence-electron chi connectivity index (χ3n) is 6.10. The fourth-order valence-corrected chi connectivity index (χ4v) is 4.46. The molecule has 1 aromatic rings. The molecule has 3 rings (SSSR count). The number of benzene rings is 1. The van der Waals surface area contributed by atoms with Crippen LogP contribution in [0.25, 0.3) is 0 Å². The van der Waals surface area contributed by atoms with Gasteiger partial charge in [0.2, 0.25) is 5.91 Å². The van der Waals surface area contributed by atoms with Gasteiger partial charge in [-0.3, -0.25) is 4.79 Å². The predicted octanol–water partition coefficient (Wildman–Crippen LogP) is 4.09. The van der Waals surface area contributed by atoms with Crippen molar-refractivity contribution < 1.29 is 22.7 Å². The van der Waals surface area contributed by atoms with E-state index >= 15 is 0 Å². The highest BCUT2D eigenvalue weighted by molar-refractivity contribution is 5.73. The van der Waals surface area contributed by atoms with Crippen molar-refractivity contribution in [2.45, 2.75) is 75.7 Å². The zero-order valence-corrected chi connectivity index (χ0v) is 16.3. The summed E-state index contributed by atoms with van der Waals surface area (Å²) >= 11 is 0. The zero-order valence-electron chi connectivity index (χ0n) is 16.3. The van der Waals surface area contributed by atoms with E-state index in [1.165, 1.54) is 12.1 Å². The van der Waals surface area contributed by atoms with Crippen LogP contribution in [0.2, 0.25) is 0 Å². The minimum Gasteiger partial charge on any atom is -0.376 e. The van der Waals surface area contributed by atoms with Crippen LogP contribution in [0.3, 0.4) is 0 Å². The van der Waals surface area contributed by atoms with Crippen LogP contribution in [0.15, 0.2) is 24.3 Å². The third kappa shape index (κ3) is 5.06. The van der Waals surface area contributed by atoms with Crippen LogP contribution in [0.1, 0.15) is 62.5 Å². The quantitative estimate of drug-likeness (QED) is 0.831. The first-order valence-corrected chi connectivity index (χ1v) is 10.1. The van der Waals surface area contributed by atoms with Gasteiger partial charge in [-0.1, -0.05) is 18.2 Å². The van der Waals surface area contributed by atoms with Crippen molar-refractivity contribution in [1.82, 2.24) is 4.90 Å². The number of likely N-dealkylation sites (tertiary alicyclic amines) is 1. The molecular weight excluding hydrogens is 369 g/mol. The number of hydrogen-bond acceptors (Lipinski definition) is 3. The first kappa shape index (κ1) is 21.1. The second kappa shape index (κ2) is 8.82. The van der Waals surface area contributed by atoms with Gasteiger partial charge in [0.25, 0.3) is 0 Å². The van der Waals surface area contributed by atoms with Crippen LogP contribution in [0, 0.1) is 0 Å². The van der Waals surface area contributed by atoms with Crippen molar-refractivity contribution in [3.8, 4) is 0 Å². The van der Waals surface area contributed by atoms with E-state index in [0.717, 1.165) is 56.7 Å². The molecule has 1 aromatic carbocycles. The first-order valence-electron chi connectivity index (χ1n) is 10.1. The van der Waals surface area contributed by atoms with Crippen LogP contribution in [-0.4, -0.2) is 42.1 Å². The van der Waals surface area contributed by atoms with Crippen molar-refractivity contribution in [2.75, 3.05) is 13.2 Å². The van der Waals surface area contributed by atoms with Gasteiger partial charge in [0.15, 0.2) is 0 Å². The van der Waals surface area contributed by atoms with Gasteiger partial charge in [0, 0.05) is 19.5 Å². The highest BCUT2D eigenvalue weighted by Crippen LogP contribution is 2.37. The molecule has 0 radical (unpaired) electrons. The molecule has 28 heavy (non-hydrogen) atoms. The van der Waals surface area contributed by atoms with Gasteiger partial charge < -0.3 is 15.4 Å². The molecule has 1 aliphatic heterocycles. The van der Waals surface area contributed by atoms with Gasteiger partial charge in [0.05, 0.1) is 24.3 Å². The lowest BCUT2D eigenvalue weighted by atomic mass is 9.82. The Morgan fingerprint density at radius 1 is 1.21 bits per heavy atom. The Balaban J connectivity index is 1.52. The fraction of sp³-hybridized carbons (Fsp3) is 0.667. The van der Waals surface area contributed by atoms with Crippen LogP contribution in [0.5, 0.6) is 0 Å². The topological polar surface area (TPSA) is 55.6 Å². The lowest BCUT2D eigenvalue weighted by molar-refractivity contribution is -0.137. The predicted molar refractivity (Wildman–Crippen MR) is 101 cm³/mol. The number of piperidine rings is 1. The Labute approximate surface area is 164 Å². The van der Waals surface area contributed by atoms with Gasteiger partial charge in [0.1, 0.15) is 0 Å². The van der Waals surface area contributed by atoms with Crippen molar-refractivity contribution in [3.63, 3.8) is 0 Å². The fourth-order valence-electron chi connectivity index (χ4n) is 4.46. The van der Waals surface area contributed by atoms with Crippen molar-refractivity contribution in [2.24, 2.45) is 5.73 Å². The number of carbonyl (C=O) groups excluding carboxylic acids is 1. The second-order valence-corrected chi connectivity index (χ2v) is 8.02. The largest absolute Gasteiger partial charge is 0.416 e. The lowest BCUT2D eigenvalue weighted by Crippen LogP contribution is -2.56. The summed E-state index contributed by atoms with van der Waals surface area (Å²) in [5.74, 6) is 0.157. The van der Waals surface area contributed by atoms with E-state index < -0.39 is 11.7 Å². The third-order valence-corrected chi connectivity index (χ3v) is 6.10. The molecule has 1 saturated heterocycles. The number of carbonyl (C=O) groups is 1. The molecule has 1 saturated carbocycles. The van der Waals surface area contributed by atoms with Crippen LogP contribution >= 0.6 is 0 Å². The molecule has 1 aliphatic carbocycles. The summed E-state index contributed by atoms with van der Waals surface area (Å²) in [7, 11) is 0. The molecule has 2 atom stereocenters.